The van der Waals surface area contributed by atoms with Gasteiger partial charge in [-0.3, -0.25) is 4.90 Å². The molecule has 0 aromatic rings. The Balaban J connectivity index is 0.00000218. The van der Waals surface area contributed by atoms with Gasteiger partial charge in [0, 0.05) is 20.5 Å². The van der Waals surface area contributed by atoms with Crippen molar-refractivity contribution in [3.05, 3.63) is 0 Å². The number of likely N-dealkylation sites (tertiary alicyclic amines) is 1. The molecule has 2 aliphatic rings. The van der Waals surface area contributed by atoms with E-state index < -0.39 is 29.8 Å². The molecule has 0 aromatic carbocycles. The highest BCUT2D eigenvalue weighted by Gasteiger charge is 2.51. The van der Waals surface area contributed by atoms with Crippen molar-refractivity contribution in [2.24, 2.45) is 17.8 Å². The summed E-state index contributed by atoms with van der Waals surface area (Å²) in [4.78, 5) is 25.6. The molecule has 2 rings (SSSR count). The molecule has 2 aliphatic heterocycles. The maximum atomic E-state index is 12.4. The van der Waals surface area contributed by atoms with Gasteiger partial charge in [0.25, 0.3) is 0 Å². The number of hydrogen-bond donors (Lipinski definition) is 1. The van der Waals surface area contributed by atoms with Crippen molar-refractivity contribution >= 4 is 12.1 Å². The molecule has 4 atom stereocenters. The van der Waals surface area contributed by atoms with Crippen LogP contribution in [0.4, 0.5) is 4.79 Å². The number of fused-ring (bicyclic) bond motifs is 1. The fraction of sp³-hybridized carbons (Fsp3) is 0.900. The number of carboxylic acid groups (broad SMARTS) is 1. The summed E-state index contributed by atoms with van der Waals surface area (Å²) < 4.78 is 11.3. The van der Waals surface area contributed by atoms with E-state index in [4.69, 9.17) is 9.47 Å². The molecule has 0 saturated carbocycles. The molecule has 6 heteroatoms. The zero-order chi connectivity index (χ0) is 20.1. The molecule has 3 unspecified atom stereocenters. The van der Waals surface area contributed by atoms with E-state index in [0.717, 1.165) is 19.3 Å². The molecule has 0 aliphatic carbocycles. The van der Waals surface area contributed by atoms with Gasteiger partial charge in [-0.15, -0.1) is 0 Å². The third-order valence-corrected chi connectivity index (χ3v) is 4.70. The number of carbonyl (C=O) groups is 2. The van der Waals surface area contributed by atoms with Crippen molar-refractivity contribution in [1.82, 2.24) is 4.90 Å². The fourth-order valence-corrected chi connectivity index (χ4v) is 3.92. The number of nitrogens with zero attached hydrogens (tertiary/aromatic N) is 1. The van der Waals surface area contributed by atoms with Crippen LogP contribution in [-0.4, -0.2) is 53.0 Å². The molecule has 0 bridgehead atoms. The van der Waals surface area contributed by atoms with E-state index in [1.807, 2.05) is 13.8 Å². The van der Waals surface area contributed by atoms with Crippen LogP contribution in [0.2, 0.25) is 0 Å². The highest BCUT2D eigenvalue weighted by molar-refractivity contribution is 5.81. The number of carbonyl (C=O) groups excluding carboxylic acids is 1. The minimum atomic E-state index is -1.02. The molecular formula is C20H39NO5. The molecule has 2 heterocycles. The van der Waals surface area contributed by atoms with E-state index >= 15 is 0 Å². The summed E-state index contributed by atoms with van der Waals surface area (Å²) in [5.41, 5.74) is -0.647. The lowest BCUT2D eigenvalue weighted by Gasteiger charge is -2.28. The summed E-state index contributed by atoms with van der Waals surface area (Å²) in [6.07, 6.45) is 1.98. The fourth-order valence-electron chi connectivity index (χ4n) is 3.92. The summed E-state index contributed by atoms with van der Waals surface area (Å²) in [6, 6.07) is -0.956. The Morgan fingerprint density at radius 1 is 1.31 bits per heavy atom. The Bertz CT molecular complexity index is 477. The number of hydrogen-bond acceptors (Lipinski definition) is 4. The Kier molecular flexibility index (Phi) is 8.38. The second-order valence-electron chi connectivity index (χ2n) is 8.53. The average Bonchev–Trinajstić information content (AvgIpc) is 2.75. The Labute approximate surface area is 159 Å². The van der Waals surface area contributed by atoms with Crippen LogP contribution in [-0.2, 0) is 14.3 Å². The third-order valence-electron chi connectivity index (χ3n) is 4.70. The van der Waals surface area contributed by atoms with Gasteiger partial charge in [-0.2, -0.15) is 0 Å². The van der Waals surface area contributed by atoms with Gasteiger partial charge in [0.2, 0.25) is 0 Å². The molecule has 2 fully saturated rings. The first-order chi connectivity index (χ1) is 12.1. The first-order valence-corrected chi connectivity index (χ1v) is 9.92. The van der Waals surface area contributed by atoms with Crippen LogP contribution >= 0.6 is 0 Å². The topological polar surface area (TPSA) is 76.1 Å². The Morgan fingerprint density at radius 2 is 1.92 bits per heavy atom. The molecule has 154 valence electrons. The minimum absolute atomic E-state index is 0. The van der Waals surface area contributed by atoms with Gasteiger partial charge in [-0.25, -0.2) is 9.59 Å². The van der Waals surface area contributed by atoms with Crippen LogP contribution in [0.1, 0.15) is 69.2 Å². The van der Waals surface area contributed by atoms with Gasteiger partial charge in [0.1, 0.15) is 5.60 Å². The van der Waals surface area contributed by atoms with Gasteiger partial charge in [-0.05, 0) is 51.9 Å². The molecule has 1 amide bonds. The Hall–Kier alpha value is -1.30. The number of amides is 1. The maximum absolute atomic E-state index is 12.4. The van der Waals surface area contributed by atoms with Crippen LogP contribution < -0.4 is 0 Å². The maximum Gasteiger partial charge on any atom is 0.411 e. The first-order valence-electron chi connectivity index (χ1n) is 9.92. The van der Waals surface area contributed by atoms with Crippen molar-refractivity contribution in [2.45, 2.75) is 85.5 Å². The zero-order valence-corrected chi connectivity index (χ0v) is 17.4. The van der Waals surface area contributed by atoms with Gasteiger partial charge in [-0.1, -0.05) is 27.7 Å². The predicted octanol–water partition coefficient (Wildman–Crippen LogP) is 4.42. The van der Waals surface area contributed by atoms with Crippen LogP contribution in [0.15, 0.2) is 0 Å². The average molecular weight is 374 g/mol. The third kappa shape index (κ3) is 6.15. The lowest BCUT2D eigenvalue weighted by molar-refractivity contribution is -0.146. The van der Waals surface area contributed by atoms with Crippen LogP contribution in [0.5, 0.6) is 0 Å². The molecular weight excluding hydrogens is 334 g/mol. The van der Waals surface area contributed by atoms with Crippen molar-refractivity contribution in [3.8, 4) is 0 Å². The van der Waals surface area contributed by atoms with Crippen LogP contribution in [0, 0.1) is 17.8 Å². The van der Waals surface area contributed by atoms with Crippen molar-refractivity contribution < 1.29 is 25.6 Å². The number of ether oxygens (including phenoxy) is 2. The summed E-state index contributed by atoms with van der Waals surface area (Å²) >= 11 is 0. The van der Waals surface area contributed by atoms with Crippen LogP contribution in [0.25, 0.3) is 0 Å². The summed E-state index contributed by atoms with van der Waals surface area (Å²) in [7, 11) is 0. The quantitative estimate of drug-likeness (QED) is 0.792. The van der Waals surface area contributed by atoms with Gasteiger partial charge < -0.3 is 14.6 Å². The summed E-state index contributed by atoms with van der Waals surface area (Å²) in [6.45, 7) is 14.7. The van der Waals surface area contributed by atoms with E-state index in [-0.39, 0.29) is 7.34 Å². The highest BCUT2D eigenvalue weighted by atomic mass is 16.6. The van der Waals surface area contributed by atoms with Gasteiger partial charge >= 0.3 is 12.1 Å². The molecule has 0 spiro atoms. The van der Waals surface area contributed by atoms with E-state index in [0.29, 0.717) is 25.0 Å². The molecule has 1 N–H and O–H groups in total. The Morgan fingerprint density at radius 3 is 2.42 bits per heavy atom. The SMILES string of the molecule is CC.CC(C)C[C@@H]1CCOC2C(C1)CN(C(=O)OC(C)(C)C)C2C(=O)O.[HH]. The van der Waals surface area contributed by atoms with Gasteiger partial charge in [0.15, 0.2) is 6.04 Å². The summed E-state index contributed by atoms with van der Waals surface area (Å²) in [5, 5.41) is 9.64. The molecule has 0 aromatic heterocycles. The van der Waals surface area contributed by atoms with Gasteiger partial charge in [0.05, 0.1) is 6.10 Å². The number of carboxylic acids is 1. The second kappa shape index (κ2) is 9.58. The molecule has 26 heavy (non-hydrogen) atoms. The van der Waals surface area contributed by atoms with Crippen molar-refractivity contribution in [1.29, 1.82) is 0 Å². The van der Waals surface area contributed by atoms with E-state index in [1.165, 1.54) is 4.90 Å². The molecule has 0 radical (unpaired) electrons. The summed E-state index contributed by atoms with van der Waals surface area (Å²) in [5.74, 6) is 0.166. The van der Waals surface area contributed by atoms with E-state index in [2.05, 4.69) is 13.8 Å². The zero-order valence-electron chi connectivity index (χ0n) is 17.4. The minimum Gasteiger partial charge on any atom is -0.480 e. The lowest BCUT2D eigenvalue weighted by Crippen LogP contribution is -2.47. The van der Waals surface area contributed by atoms with Crippen molar-refractivity contribution in [2.75, 3.05) is 13.2 Å². The first kappa shape index (κ1) is 22.7. The lowest BCUT2D eigenvalue weighted by atomic mass is 9.85. The number of rotatable bonds is 3. The molecule has 6 nitrogen and oxygen atoms in total. The second-order valence-corrected chi connectivity index (χ2v) is 8.53. The standard InChI is InChI=1S/C18H31NO5.C2H6.H2/c1-11(2)8-12-6-7-23-15-13(9-12)10-19(14(15)16(20)21)17(22)24-18(3,4)5;1-2;/h11-15H,6-10H2,1-5H3,(H,20,21);1-2H3;1H/t12-,13?,14?,15?;;/m0../s1. The van der Waals surface area contributed by atoms with Crippen LogP contribution in [0.3, 0.4) is 0 Å². The normalized spacial score (nSPS) is 28.7. The smallest absolute Gasteiger partial charge is 0.411 e. The van der Waals surface area contributed by atoms with Crippen molar-refractivity contribution in [3.63, 3.8) is 0 Å². The molecule has 2 saturated heterocycles. The monoisotopic (exact) mass is 373 g/mol. The van der Waals surface area contributed by atoms with E-state index in [1.54, 1.807) is 20.8 Å². The van der Waals surface area contributed by atoms with E-state index in [9.17, 15) is 14.7 Å². The predicted molar refractivity (Wildman–Crippen MR) is 103 cm³/mol. The largest absolute Gasteiger partial charge is 0.480 e. The number of aliphatic carboxylic acids is 1. The highest BCUT2D eigenvalue weighted by Crippen LogP contribution is 2.37.